The average Bonchev–Trinajstić information content (AvgIpc) is 3.10. The molecule has 178 valence electrons. The van der Waals surface area contributed by atoms with Crippen LogP contribution < -0.4 is 4.74 Å². The molecule has 2 saturated heterocycles. The summed E-state index contributed by atoms with van der Waals surface area (Å²) < 4.78 is 32.8. The van der Waals surface area contributed by atoms with Crippen molar-refractivity contribution in [3.63, 3.8) is 0 Å². The third-order valence-corrected chi connectivity index (χ3v) is 8.96. The van der Waals surface area contributed by atoms with Crippen LogP contribution in [-0.4, -0.2) is 50.3 Å². The quantitative estimate of drug-likeness (QED) is 0.598. The molecule has 33 heavy (non-hydrogen) atoms. The maximum Gasteiger partial charge on any atom is 0.243 e. The van der Waals surface area contributed by atoms with Gasteiger partial charge in [-0.3, -0.25) is 4.79 Å². The van der Waals surface area contributed by atoms with Gasteiger partial charge in [-0.1, -0.05) is 36.6 Å². The fourth-order valence-corrected chi connectivity index (χ4v) is 6.47. The summed E-state index contributed by atoms with van der Waals surface area (Å²) in [6.45, 7) is 1.45. The highest BCUT2D eigenvalue weighted by atomic mass is 35.5. The molecule has 1 amide bonds. The number of amides is 1. The van der Waals surface area contributed by atoms with E-state index < -0.39 is 10.0 Å². The van der Waals surface area contributed by atoms with E-state index in [4.69, 9.17) is 16.3 Å². The van der Waals surface area contributed by atoms with Crippen molar-refractivity contribution >= 4 is 27.5 Å². The molecule has 8 heteroatoms. The van der Waals surface area contributed by atoms with Crippen molar-refractivity contribution < 1.29 is 17.9 Å². The molecule has 2 fully saturated rings. The second-order valence-electron chi connectivity index (χ2n) is 8.80. The first-order chi connectivity index (χ1) is 15.9. The minimum absolute atomic E-state index is 0.0572. The Morgan fingerprint density at radius 2 is 1.58 bits per heavy atom. The fraction of sp³-hybridized carbons (Fsp3) is 0.480. The molecule has 6 nitrogen and oxygen atoms in total. The Bertz CT molecular complexity index is 1050. The zero-order valence-corrected chi connectivity index (χ0v) is 20.5. The van der Waals surface area contributed by atoms with Crippen LogP contribution in [0.15, 0.2) is 53.4 Å². The van der Waals surface area contributed by atoms with Gasteiger partial charge in [-0.25, -0.2) is 8.42 Å². The zero-order chi connectivity index (χ0) is 23.4. The van der Waals surface area contributed by atoms with Crippen LogP contribution in [0.25, 0.3) is 0 Å². The largest absolute Gasteiger partial charge is 0.497 e. The molecule has 0 saturated carbocycles. The van der Waals surface area contributed by atoms with Gasteiger partial charge in [0.1, 0.15) is 5.75 Å². The van der Waals surface area contributed by atoms with Gasteiger partial charge in [0.25, 0.3) is 0 Å². The highest BCUT2D eigenvalue weighted by molar-refractivity contribution is 7.89. The number of piperidine rings is 1. The van der Waals surface area contributed by atoms with Crippen LogP contribution in [0.3, 0.4) is 0 Å². The van der Waals surface area contributed by atoms with E-state index in [1.807, 2.05) is 17.0 Å². The Balaban J connectivity index is 1.45. The van der Waals surface area contributed by atoms with Crippen LogP contribution >= 0.6 is 11.6 Å². The number of hydrogen-bond acceptors (Lipinski definition) is 4. The number of halogens is 1. The Morgan fingerprint density at radius 3 is 2.21 bits per heavy atom. The summed E-state index contributed by atoms with van der Waals surface area (Å²) in [6, 6.07) is 14.3. The van der Waals surface area contributed by atoms with E-state index in [1.54, 1.807) is 19.2 Å². The molecule has 0 N–H and O–H groups in total. The highest BCUT2D eigenvalue weighted by Crippen LogP contribution is 2.34. The summed E-state index contributed by atoms with van der Waals surface area (Å²) in [5, 5.41) is 0.502. The minimum Gasteiger partial charge on any atom is -0.497 e. The molecular formula is C25H31ClN2O4S. The number of hydrogen-bond donors (Lipinski definition) is 0. The first-order valence-corrected chi connectivity index (χ1v) is 13.4. The third kappa shape index (κ3) is 5.36. The van der Waals surface area contributed by atoms with Crippen molar-refractivity contribution in [2.75, 3.05) is 26.7 Å². The van der Waals surface area contributed by atoms with Crippen LogP contribution in [0.5, 0.6) is 5.75 Å². The van der Waals surface area contributed by atoms with Crippen molar-refractivity contribution in [3.8, 4) is 5.75 Å². The van der Waals surface area contributed by atoms with Gasteiger partial charge in [-0.15, -0.1) is 0 Å². The molecule has 1 unspecified atom stereocenters. The average molecular weight is 491 g/mol. The van der Waals surface area contributed by atoms with E-state index >= 15 is 0 Å². The van der Waals surface area contributed by atoms with Gasteiger partial charge in [0.2, 0.25) is 15.9 Å². The third-order valence-electron chi connectivity index (χ3n) is 6.79. The lowest BCUT2D eigenvalue weighted by Crippen LogP contribution is -2.45. The van der Waals surface area contributed by atoms with Crippen LogP contribution in [0, 0.1) is 5.92 Å². The molecule has 2 heterocycles. The monoisotopic (exact) mass is 490 g/mol. The second kappa shape index (κ2) is 10.5. The summed E-state index contributed by atoms with van der Waals surface area (Å²) in [5.41, 5.74) is 1.13. The lowest BCUT2D eigenvalue weighted by atomic mass is 9.94. The number of carbonyl (C=O) groups is 1. The predicted octanol–water partition coefficient (Wildman–Crippen LogP) is 4.89. The van der Waals surface area contributed by atoms with Crippen LogP contribution in [-0.2, 0) is 14.8 Å². The Kier molecular flexibility index (Phi) is 7.62. The van der Waals surface area contributed by atoms with E-state index in [-0.39, 0.29) is 22.8 Å². The number of ether oxygens (including phenoxy) is 1. The molecule has 0 aliphatic carbocycles. The maximum absolute atomic E-state index is 13.6. The summed E-state index contributed by atoms with van der Waals surface area (Å²) in [5.74, 6) is 0.807. The Hall–Kier alpha value is -2.09. The van der Waals surface area contributed by atoms with Crippen molar-refractivity contribution in [3.05, 3.63) is 59.1 Å². The molecule has 1 atom stereocenters. The van der Waals surface area contributed by atoms with E-state index in [2.05, 4.69) is 12.1 Å². The number of methoxy groups -OCH3 is 1. The predicted molar refractivity (Wildman–Crippen MR) is 129 cm³/mol. The topological polar surface area (TPSA) is 66.9 Å². The molecule has 0 aromatic heterocycles. The van der Waals surface area contributed by atoms with E-state index in [9.17, 15) is 13.2 Å². The molecule has 0 radical (unpaired) electrons. The number of benzene rings is 2. The molecule has 0 spiro atoms. The van der Waals surface area contributed by atoms with E-state index in [0.29, 0.717) is 31.0 Å². The van der Waals surface area contributed by atoms with Gasteiger partial charge in [0.05, 0.1) is 18.0 Å². The molecule has 4 rings (SSSR count). The van der Waals surface area contributed by atoms with E-state index in [1.165, 1.54) is 16.4 Å². The first kappa shape index (κ1) is 24.0. The molecule has 2 aliphatic heterocycles. The first-order valence-electron chi connectivity index (χ1n) is 11.6. The summed E-state index contributed by atoms with van der Waals surface area (Å²) in [7, 11) is -1.93. The van der Waals surface area contributed by atoms with Gasteiger partial charge in [0.15, 0.2) is 0 Å². The highest BCUT2D eigenvalue weighted by Gasteiger charge is 2.36. The number of rotatable bonds is 5. The van der Waals surface area contributed by atoms with Crippen molar-refractivity contribution in [1.82, 2.24) is 9.21 Å². The smallest absolute Gasteiger partial charge is 0.243 e. The second-order valence-corrected chi connectivity index (χ2v) is 11.2. The summed E-state index contributed by atoms with van der Waals surface area (Å²) in [4.78, 5) is 15.9. The van der Waals surface area contributed by atoms with Gasteiger partial charge >= 0.3 is 0 Å². The lowest BCUT2D eigenvalue weighted by molar-refractivity contribution is -0.139. The number of nitrogens with zero attached hydrogens (tertiary/aromatic N) is 2. The van der Waals surface area contributed by atoms with Crippen LogP contribution in [0.2, 0.25) is 5.02 Å². The Morgan fingerprint density at radius 1 is 0.909 bits per heavy atom. The molecule has 2 aromatic carbocycles. The standard InChI is InChI=1S/C25H31ClN2O4S/c1-32-22-10-6-19(7-11-22)24-5-3-2-4-16-28(24)25(29)20-14-17-27(18-15-20)33(30,31)23-12-8-21(26)9-13-23/h6-13,20,24H,2-5,14-18H2,1H3. The van der Waals surface area contributed by atoms with Crippen LogP contribution in [0.4, 0.5) is 0 Å². The van der Waals surface area contributed by atoms with Crippen LogP contribution in [0.1, 0.15) is 50.1 Å². The molecule has 2 aliphatic rings. The van der Waals surface area contributed by atoms with Gasteiger partial charge in [-0.05, 0) is 67.6 Å². The number of sulfonamides is 1. The summed E-state index contributed by atoms with van der Waals surface area (Å²) >= 11 is 5.90. The number of likely N-dealkylation sites (tertiary alicyclic amines) is 1. The lowest BCUT2D eigenvalue weighted by Gasteiger charge is -2.37. The molecule has 0 bridgehead atoms. The zero-order valence-electron chi connectivity index (χ0n) is 19.0. The van der Waals surface area contributed by atoms with E-state index in [0.717, 1.165) is 43.5 Å². The molecular weight excluding hydrogens is 460 g/mol. The van der Waals surface area contributed by atoms with Gasteiger partial charge in [0, 0.05) is 30.6 Å². The summed E-state index contributed by atoms with van der Waals surface area (Å²) in [6.07, 6.45) is 5.24. The van der Waals surface area contributed by atoms with Crippen molar-refractivity contribution in [2.45, 2.75) is 49.5 Å². The SMILES string of the molecule is COc1ccc(C2CCCCCN2C(=O)C2CCN(S(=O)(=O)c3ccc(Cl)cc3)CC2)cc1. The van der Waals surface area contributed by atoms with Crippen molar-refractivity contribution in [1.29, 1.82) is 0 Å². The Labute approximate surface area is 201 Å². The minimum atomic E-state index is -3.58. The molecule has 2 aromatic rings. The normalized spacial score (nSPS) is 20.9. The van der Waals surface area contributed by atoms with Crippen molar-refractivity contribution in [2.24, 2.45) is 5.92 Å². The fourth-order valence-electron chi connectivity index (χ4n) is 4.88. The maximum atomic E-state index is 13.6. The number of carbonyl (C=O) groups excluding carboxylic acids is 1. The van der Waals surface area contributed by atoms with Gasteiger partial charge in [-0.2, -0.15) is 4.31 Å². The van der Waals surface area contributed by atoms with Gasteiger partial charge < -0.3 is 9.64 Å².